The van der Waals surface area contributed by atoms with Crippen LogP contribution in [-0.4, -0.2) is 74.5 Å². The maximum absolute atomic E-state index is 12.4. The normalized spacial score (nSPS) is 13.8. The third kappa shape index (κ3) is 9.57. The number of nitrogens with one attached hydrogen (secondary N) is 3. The molecule has 1 fully saturated rings. The van der Waals surface area contributed by atoms with Gasteiger partial charge in [-0.2, -0.15) is 0 Å². The molecule has 0 saturated carbocycles. The highest BCUT2D eigenvalue weighted by atomic mass is 35.5. The summed E-state index contributed by atoms with van der Waals surface area (Å²) in [6.07, 6.45) is 1.28. The van der Waals surface area contributed by atoms with Gasteiger partial charge in [0.05, 0.1) is 13.2 Å². The number of morpholine rings is 1. The van der Waals surface area contributed by atoms with E-state index in [0.717, 1.165) is 45.0 Å². The number of nitrogens with zero attached hydrogens (tertiary/aromatic N) is 2. The third-order valence-electron chi connectivity index (χ3n) is 5.61. The summed E-state index contributed by atoms with van der Waals surface area (Å²) in [5.74, 6) is 1.00. The number of carbonyl (C=O) groups is 2. The molecule has 2 aromatic carbocycles. The Labute approximate surface area is 216 Å². The summed E-state index contributed by atoms with van der Waals surface area (Å²) in [5.41, 5.74) is 2.99. The van der Waals surface area contributed by atoms with E-state index in [2.05, 4.69) is 25.8 Å². The maximum atomic E-state index is 12.4. The van der Waals surface area contributed by atoms with E-state index in [4.69, 9.17) is 27.9 Å². The standard InChI is InChI=1S/C25H33Cl2N5O3/c26-11-14-32(15-12-27)23-9-7-22(8-10-23)30-25(34)29-21-5-3-20(4-6-21)28-24(33)2-1-13-31-16-18-35-19-17-31/h3-10H,1-2,11-19H2,(H,28,33)(H2,29,30,34). The van der Waals surface area contributed by atoms with E-state index in [1.165, 1.54) is 0 Å². The van der Waals surface area contributed by atoms with Crippen LogP contribution < -0.4 is 20.9 Å². The van der Waals surface area contributed by atoms with Gasteiger partial charge in [0.1, 0.15) is 0 Å². The summed E-state index contributed by atoms with van der Waals surface area (Å²) < 4.78 is 5.34. The van der Waals surface area contributed by atoms with Crippen molar-refractivity contribution in [2.24, 2.45) is 0 Å². The molecule has 35 heavy (non-hydrogen) atoms. The quantitative estimate of drug-likeness (QED) is 0.353. The molecule has 0 radical (unpaired) electrons. The molecule has 190 valence electrons. The number of anilines is 4. The molecule has 8 nitrogen and oxygen atoms in total. The summed E-state index contributed by atoms with van der Waals surface area (Å²) in [4.78, 5) is 29.0. The van der Waals surface area contributed by atoms with E-state index in [1.807, 2.05) is 24.3 Å². The molecule has 3 rings (SSSR count). The first-order valence-corrected chi connectivity index (χ1v) is 12.9. The lowest BCUT2D eigenvalue weighted by Gasteiger charge is -2.26. The summed E-state index contributed by atoms with van der Waals surface area (Å²) in [7, 11) is 0. The molecule has 0 unspecified atom stereocenters. The van der Waals surface area contributed by atoms with Crippen molar-refractivity contribution in [1.29, 1.82) is 0 Å². The molecule has 10 heteroatoms. The van der Waals surface area contributed by atoms with Crippen LogP contribution >= 0.6 is 23.2 Å². The number of carbonyl (C=O) groups excluding carboxylic acids is 2. The SMILES string of the molecule is O=C(CCCN1CCOCC1)Nc1ccc(NC(=O)Nc2ccc(N(CCCl)CCCl)cc2)cc1. The molecule has 0 spiro atoms. The molecule has 1 saturated heterocycles. The van der Waals surface area contributed by atoms with Crippen LogP contribution in [0.15, 0.2) is 48.5 Å². The Morgan fingerprint density at radius 1 is 0.829 bits per heavy atom. The highest BCUT2D eigenvalue weighted by molar-refractivity contribution is 6.18. The maximum Gasteiger partial charge on any atom is 0.323 e. The number of amides is 3. The largest absolute Gasteiger partial charge is 0.379 e. The zero-order chi connectivity index (χ0) is 24.9. The molecule has 1 aliphatic rings. The summed E-state index contributed by atoms with van der Waals surface area (Å²) >= 11 is 11.7. The third-order valence-corrected chi connectivity index (χ3v) is 5.95. The lowest BCUT2D eigenvalue weighted by atomic mass is 10.2. The number of hydrogen-bond acceptors (Lipinski definition) is 5. The Kier molecular flexibility index (Phi) is 11.4. The van der Waals surface area contributed by atoms with Crippen LogP contribution in [0.3, 0.4) is 0 Å². The zero-order valence-electron chi connectivity index (χ0n) is 19.8. The fraction of sp³-hybridized carbons (Fsp3) is 0.440. The predicted octanol–water partition coefficient (Wildman–Crippen LogP) is 4.67. The zero-order valence-corrected chi connectivity index (χ0v) is 21.3. The van der Waals surface area contributed by atoms with Crippen molar-refractivity contribution in [3.63, 3.8) is 0 Å². The van der Waals surface area contributed by atoms with Gasteiger partial charge in [-0.3, -0.25) is 9.69 Å². The molecular formula is C25H33Cl2N5O3. The first kappa shape index (κ1) is 27.1. The Bertz CT molecular complexity index is 916. The lowest BCUT2D eigenvalue weighted by Crippen LogP contribution is -2.37. The van der Waals surface area contributed by atoms with Gasteiger partial charge in [0.15, 0.2) is 0 Å². The van der Waals surface area contributed by atoms with Gasteiger partial charge < -0.3 is 25.6 Å². The summed E-state index contributed by atoms with van der Waals surface area (Å²) in [6, 6.07) is 14.2. The van der Waals surface area contributed by atoms with Crippen molar-refractivity contribution in [1.82, 2.24) is 4.90 Å². The van der Waals surface area contributed by atoms with E-state index in [1.54, 1.807) is 24.3 Å². The lowest BCUT2D eigenvalue weighted by molar-refractivity contribution is -0.116. The van der Waals surface area contributed by atoms with Crippen LogP contribution in [0.4, 0.5) is 27.5 Å². The van der Waals surface area contributed by atoms with Gasteiger partial charge in [-0.25, -0.2) is 4.79 Å². The molecule has 1 aliphatic heterocycles. The highest BCUT2D eigenvalue weighted by Gasteiger charge is 2.11. The van der Waals surface area contributed by atoms with Crippen molar-refractivity contribution in [3.05, 3.63) is 48.5 Å². The van der Waals surface area contributed by atoms with Crippen molar-refractivity contribution in [2.45, 2.75) is 12.8 Å². The van der Waals surface area contributed by atoms with Crippen molar-refractivity contribution in [3.8, 4) is 0 Å². The number of alkyl halides is 2. The second-order valence-corrected chi connectivity index (χ2v) is 8.93. The Morgan fingerprint density at radius 3 is 1.89 bits per heavy atom. The molecule has 3 amide bonds. The minimum absolute atomic E-state index is 0.0178. The number of halogens is 2. The first-order valence-electron chi connectivity index (χ1n) is 11.8. The number of urea groups is 1. The minimum atomic E-state index is -0.351. The average molecular weight is 522 g/mol. The molecule has 0 atom stereocenters. The molecule has 0 aromatic heterocycles. The Morgan fingerprint density at radius 2 is 1.34 bits per heavy atom. The fourth-order valence-electron chi connectivity index (χ4n) is 3.77. The topological polar surface area (TPSA) is 85.9 Å². The summed E-state index contributed by atoms with van der Waals surface area (Å²) in [6.45, 7) is 5.68. The van der Waals surface area contributed by atoms with Crippen LogP contribution in [0.1, 0.15) is 12.8 Å². The predicted molar refractivity (Wildman–Crippen MR) is 144 cm³/mol. The van der Waals surface area contributed by atoms with Crippen molar-refractivity contribution >= 4 is 57.9 Å². The Hall–Kier alpha value is -2.52. The van der Waals surface area contributed by atoms with Gasteiger partial charge in [0, 0.05) is 67.1 Å². The number of hydrogen-bond donors (Lipinski definition) is 3. The number of benzene rings is 2. The molecule has 0 bridgehead atoms. The molecule has 1 heterocycles. The van der Waals surface area contributed by atoms with Gasteiger partial charge in [-0.1, -0.05) is 0 Å². The molecule has 2 aromatic rings. The molecule has 3 N–H and O–H groups in total. The second-order valence-electron chi connectivity index (χ2n) is 8.17. The van der Waals surface area contributed by atoms with Gasteiger partial charge in [0.25, 0.3) is 0 Å². The van der Waals surface area contributed by atoms with Crippen molar-refractivity contribution < 1.29 is 14.3 Å². The van der Waals surface area contributed by atoms with Crippen LogP contribution in [0.25, 0.3) is 0 Å². The number of ether oxygens (including phenoxy) is 1. The van der Waals surface area contributed by atoms with E-state index >= 15 is 0 Å². The fourth-order valence-corrected chi connectivity index (χ4v) is 4.18. The van der Waals surface area contributed by atoms with E-state index in [9.17, 15) is 9.59 Å². The van der Waals surface area contributed by atoms with Crippen LogP contribution in [-0.2, 0) is 9.53 Å². The van der Waals surface area contributed by atoms with E-state index in [0.29, 0.717) is 48.3 Å². The van der Waals surface area contributed by atoms with Crippen LogP contribution in [0.2, 0.25) is 0 Å². The smallest absolute Gasteiger partial charge is 0.323 e. The second kappa shape index (κ2) is 14.8. The highest BCUT2D eigenvalue weighted by Crippen LogP contribution is 2.19. The van der Waals surface area contributed by atoms with E-state index < -0.39 is 0 Å². The van der Waals surface area contributed by atoms with Gasteiger partial charge >= 0.3 is 6.03 Å². The first-order chi connectivity index (χ1) is 17.1. The number of rotatable bonds is 12. The van der Waals surface area contributed by atoms with Crippen LogP contribution in [0, 0.1) is 0 Å². The van der Waals surface area contributed by atoms with Crippen molar-refractivity contribution in [2.75, 3.05) is 78.5 Å². The van der Waals surface area contributed by atoms with Gasteiger partial charge in [-0.15, -0.1) is 23.2 Å². The van der Waals surface area contributed by atoms with E-state index in [-0.39, 0.29) is 11.9 Å². The minimum Gasteiger partial charge on any atom is -0.379 e. The molecule has 0 aliphatic carbocycles. The van der Waals surface area contributed by atoms with Crippen LogP contribution in [0.5, 0.6) is 0 Å². The monoisotopic (exact) mass is 521 g/mol. The van der Waals surface area contributed by atoms with Gasteiger partial charge in [0.2, 0.25) is 5.91 Å². The average Bonchev–Trinajstić information content (AvgIpc) is 2.86. The van der Waals surface area contributed by atoms with Gasteiger partial charge in [-0.05, 0) is 61.5 Å². The summed E-state index contributed by atoms with van der Waals surface area (Å²) in [5, 5.41) is 8.51. The Balaban J connectivity index is 1.40. The molecular weight excluding hydrogens is 489 g/mol.